The lowest BCUT2D eigenvalue weighted by Crippen LogP contribution is -2.37. The van der Waals surface area contributed by atoms with Crippen molar-refractivity contribution in [3.63, 3.8) is 0 Å². The van der Waals surface area contributed by atoms with Gasteiger partial charge in [0, 0.05) is 48.6 Å². The zero-order valence-electron chi connectivity index (χ0n) is 15.5. The van der Waals surface area contributed by atoms with Gasteiger partial charge in [0.05, 0.1) is 12.0 Å². The summed E-state index contributed by atoms with van der Waals surface area (Å²) in [6.45, 7) is 3.41. The van der Waals surface area contributed by atoms with E-state index in [-0.39, 0.29) is 11.8 Å². The summed E-state index contributed by atoms with van der Waals surface area (Å²) in [5, 5.41) is 4.11. The van der Waals surface area contributed by atoms with Crippen LogP contribution in [0.4, 0.5) is 10.9 Å². The van der Waals surface area contributed by atoms with Crippen LogP contribution in [0.5, 0.6) is 0 Å². The van der Waals surface area contributed by atoms with Gasteiger partial charge >= 0.3 is 0 Å². The summed E-state index contributed by atoms with van der Waals surface area (Å²) in [6, 6.07) is 3.62. The van der Waals surface area contributed by atoms with Gasteiger partial charge in [-0.1, -0.05) is 0 Å². The van der Waals surface area contributed by atoms with Gasteiger partial charge in [-0.05, 0) is 38.0 Å². The molecule has 1 N–H and O–H groups in total. The summed E-state index contributed by atoms with van der Waals surface area (Å²) in [5.74, 6) is 1.69. The van der Waals surface area contributed by atoms with Crippen molar-refractivity contribution in [3.05, 3.63) is 59.4 Å². The van der Waals surface area contributed by atoms with Crippen LogP contribution >= 0.6 is 11.3 Å². The molecule has 0 spiro atoms. The average Bonchev–Trinajstić information content (AvgIpc) is 3.38. The third-order valence-corrected chi connectivity index (χ3v) is 5.53. The topological polar surface area (TPSA) is 84.2 Å². The van der Waals surface area contributed by atoms with Crippen LogP contribution < -0.4 is 5.32 Å². The van der Waals surface area contributed by atoms with Crippen molar-refractivity contribution in [2.24, 2.45) is 0 Å². The third-order valence-electron chi connectivity index (χ3n) is 4.70. The average molecular weight is 395 g/mol. The van der Waals surface area contributed by atoms with Crippen molar-refractivity contribution >= 4 is 34.3 Å². The number of nitrogens with one attached hydrogen (secondary N) is 1. The molecule has 7 nitrogen and oxygen atoms in total. The highest BCUT2D eigenvalue weighted by molar-refractivity contribution is 7.15. The Morgan fingerprint density at radius 1 is 1.29 bits per heavy atom. The van der Waals surface area contributed by atoms with Gasteiger partial charge in [-0.3, -0.25) is 9.78 Å². The number of anilines is 2. The van der Waals surface area contributed by atoms with Crippen LogP contribution in [0.25, 0.3) is 6.08 Å². The number of rotatable bonds is 5. The molecule has 8 heteroatoms. The maximum atomic E-state index is 12.4. The zero-order chi connectivity index (χ0) is 19.3. The second kappa shape index (κ2) is 8.35. The summed E-state index contributed by atoms with van der Waals surface area (Å²) in [4.78, 5) is 28.8. The quantitative estimate of drug-likeness (QED) is 0.658. The first-order valence-corrected chi connectivity index (χ1v) is 10.0. The first-order chi connectivity index (χ1) is 13.7. The molecule has 0 unspecified atom stereocenters. The van der Waals surface area contributed by atoms with E-state index in [1.807, 2.05) is 24.1 Å². The van der Waals surface area contributed by atoms with Crippen LogP contribution in [0.1, 0.15) is 35.1 Å². The van der Waals surface area contributed by atoms with Gasteiger partial charge in [-0.15, -0.1) is 11.3 Å². The highest BCUT2D eigenvalue weighted by atomic mass is 32.1. The lowest BCUT2D eigenvalue weighted by molar-refractivity contribution is -0.126. The van der Waals surface area contributed by atoms with Crippen LogP contribution in [0.2, 0.25) is 0 Å². The van der Waals surface area contributed by atoms with Gasteiger partial charge in [0.2, 0.25) is 5.91 Å². The molecule has 0 aliphatic carbocycles. The molecule has 4 rings (SSSR count). The van der Waals surface area contributed by atoms with Crippen LogP contribution in [0.15, 0.2) is 47.5 Å². The second-order valence-electron chi connectivity index (χ2n) is 6.64. The number of furan rings is 1. The Hall–Kier alpha value is -3.00. The number of thiazole rings is 1. The van der Waals surface area contributed by atoms with E-state index in [2.05, 4.69) is 20.3 Å². The van der Waals surface area contributed by atoms with Crippen LogP contribution in [0, 0.1) is 6.92 Å². The Balaban J connectivity index is 1.39. The van der Waals surface area contributed by atoms with Gasteiger partial charge in [0.25, 0.3) is 0 Å². The molecular formula is C20H21N5O2S. The highest BCUT2D eigenvalue weighted by Gasteiger charge is 2.26. The lowest BCUT2D eigenvalue weighted by Gasteiger charge is -2.31. The minimum atomic E-state index is 0.00519. The van der Waals surface area contributed by atoms with Crippen LogP contribution in [0.3, 0.4) is 0 Å². The van der Waals surface area contributed by atoms with Crippen molar-refractivity contribution in [1.82, 2.24) is 19.9 Å². The van der Waals surface area contributed by atoms with E-state index in [1.165, 1.54) is 0 Å². The molecule has 0 bridgehead atoms. The summed E-state index contributed by atoms with van der Waals surface area (Å²) in [6.07, 6.45) is 11.8. The first kappa shape index (κ1) is 18.4. The van der Waals surface area contributed by atoms with E-state index < -0.39 is 0 Å². The van der Waals surface area contributed by atoms with Gasteiger partial charge in [0.1, 0.15) is 5.76 Å². The van der Waals surface area contributed by atoms with Crippen molar-refractivity contribution in [2.75, 3.05) is 18.4 Å². The predicted octanol–water partition coefficient (Wildman–Crippen LogP) is 4.00. The molecule has 0 saturated carbocycles. The number of hydrogen-bond acceptors (Lipinski definition) is 7. The molecule has 3 aromatic heterocycles. The molecule has 0 atom stereocenters. The minimum absolute atomic E-state index is 0.00519. The van der Waals surface area contributed by atoms with E-state index in [4.69, 9.17) is 4.42 Å². The molecule has 144 valence electrons. The van der Waals surface area contributed by atoms with Crippen LogP contribution in [-0.2, 0) is 4.79 Å². The summed E-state index contributed by atoms with van der Waals surface area (Å²) >= 11 is 1.59. The molecular weight excluding hydrogens is 374 g/mol. The monoisotopic (exact) mass is 395 g/mol. The van der Waals surface area contributed by atoms with Gasteiger partial charge in [-0.2, -0.15) is 0 Å². The Bertz CT molecular complexity index is 959. The molecule has 4 heterocycles. The fraction of sp³-hybridized carbons (Fsp3) is 0.300. The number of hydrogen-bond donors (Lipinski definition) is 1. The van der Waals surface area contributed by atoms with Gasteiger partial charge < -0.3 is 14.6 Å². The Morgan fingerprint density at radius 2 is 2.11 bits per heavy atom. The molecule has 1 saturated heterocycles. The number of carbonyl (C=O) groups is 1. The lowest BCUT2D eigenvalue weighted by atomic mass is 9.93. The molecule has 0 radical (unpaired) electrons. The molecule has 1 amide bonds. The maximum Gasteiger partial charge on any atom is 0.246 e. The fourth-order valence-electron chi connectivity index (χ4n) is 3.28. The third kappa shape index (κ3) is 4.28. The molecule has 1 aliphatic heterocycles. The molecule has 0 aromatic carbocycles. The number of aryl methyl sites for hydroxylation is 1. The molecule has 3 aromatic rings. The number of aromatic nitrogens is 3. The van der Waals surface area contributed by atoms with E-state index in [0.29, 0.717) is 18.8 Å². The van der Waals surface area contributed by atoms with Crippen molar-refractivity contribution in [2.45, 2.75) is 25.7 Å². The van der Waals surface area contributed by atoms with E-state index in [1.54, 1.807) is 48.2 Å². The standard InChI is InChI=1S/C20H21N5O2S/c1-14-13-23-20(28-14)24-19-18(21-8-9-22-19)15-6-10-25(11-7-15)17(26)5-4-16-3-2-12-27-16/h2-5,8-9,12-13,15H,6-7,10-11H2,1H3,(H,22,23,24)/b5-4+. The molecule has 28 heavy (non-hydrogen) atoms. The Morgan fingerprint density at radius 3 is 2.82 bits per heavy atom. The predicted molar refractivity (Wildman–Crippen MR) is 108 cm³/mol. The van der Waals surface area contributed by atoms with Crippen LogP contribution in [-0.4, -0.2) is 38.8 Å². The number of carbonyl (C=O) groups excluding carboxylic acids is 1. The number of likely N-dealkylation sites (tertiary alicyclic amines) is 1. The zero-order valence-corrected chi connectivity index (χ0v) is 16.4. The van der Waals surface area contributed by atoms with E-state index >= 15 is 0 Å². The Kier molecular flexibility index (Phi) is 5.48. The van der Waals surface area contributed by atoms with E-state index in [0.717, 1.165) is 34.4 Å². The van der Waals surface area contributed by atoms with Gasteiger partial charge in [-0.25, -0.2) is 9.97 Å². The minimum Gasteiger partial charge on any atom is -0.465 e. The Labute approximate surface area is 167 Å². The smallest absolute Gasteiger partial charge is 0.246 e. The number of amides is 1. The fourth-order valence-corrected chi connectivity index (χ4v) is 3.94. The normalized spacial score (nSPS) is 15.2. The largest absolute Gasteiger partial charge is 0.465 e. The molecule has 1 fully saturated rings. The number of nitrogens with zero attached hydrogens (tertiary/aromatic N) is 4. The second-order valence-corrected chi connectivity index (χ2v) is 7.87. The van der Waals surface area contributed by atoms with Crippen molar-refractivity contribution < 1.29 is 9.21 Å². The SMILES string of the molecule is Cc1cnc(Nc2nccnc2C2CCN(C(=O)/C=C/c3ccco3)CC2)s1. The summed E-state index contributed by atoms with van der Waals surface area (Å²) in [7, 11) is 0. The summed E-state index contributed by atoms with van der Waals surface area (Å²) in [5.41, 5.74) is 0.938. The maximum absolute atomic E-state index is 12.4. The first-order valence-electron chi connectivity index (χ1n) is 9.20. The van der Waals surface area contributed by atoms with E-state index in [9.17, 15) is 4.79 Å². The van der Waals surface area contributed by atoms with Crippen molar-refractivity contribution in [1.29, 1.82) is 0 Å². The van der Waals surface area contributed by atoms with Gasteiger partial charge in [0.15, 0.2) is 10.9 Å². The summed E-state index contributed by atoms with van der Waals surface area (Å²) < 4.78 is 5.23. The van der Waals surface area contributed by atoms with Crippen molar-refractivity contribution in [3.8, 4) is 0 Å². The number of piperidine rings is 1. The molecule has 1 aliphatic rings. The highest BCUT2D eigenvalue weighted by Crippen LogP contribution is 2.32.